The normalized spacial score (nSPS) is 15.9. The highest BCUT2D eigenvalue weighted by Gasteiger charge is 2.28. The second-order valence-electron chi connectivity index (χ2n) is 3.22. The van der Waals surface area contributed by atoms with Crippen LogP contribution in [0.2, 0.25) is 5.02 Å². The maximum atomic E-state index is 11.2. The van der Waals surface area contributed by atoms with Gasteiger partial charge in [0.05, 0.1) is 0 Å². The van der Waals surface area contributed by atoms with Crippen LogP contribution in [0.5, 0.6) is 0 Å². The van der Waals surface area contributed by atoms with E-state index in [1.807, 2.05) is 0 Å². The van der Waals surface area contributed by atoms with Gasteiger partial charge in [0, 0.05) is 11.9 Å². The van der Waals surface area contributed by atoms with Crippen LogP contribution in [-0.4, -0.2) is 11.0 Å². The summed E-state index contributed by atoms with van der Waals surface area (Å²) in [6.45, 7) is 3.21. The Kier molecular flexibility index (Phi) is 4.68. The van der Waals surface area contributed by atoms with Gasteiger partial charge in [0.2, 0.25) is 0 Å². The molecule has 0 amide bonds. The predicted octanol–water partition coefficient (Wildman–Crippen LogP) is 3.50. The number of rotatable bonds is 4. The molecule has 0 saturated carbocycles. The molecule has 0 heterocycles. The highest BCUT2D eigenvalue weighted by Crippen LogP contribution is 2.35. The van der Waals surface area contributed by atoms with E-state index in [2.05, 4.69) is 0 Å². The fourth-order valence-electron chi connectivity index (χ4n) is 1.04. The first-order valence-corrected chi connectivity index (χ1v) is 6.20. The first-order valence-electron chi connectivity index (χ1n) is 4.57. The maximum absolute atomic E-state index is 11.2. The fraction of sp³-hybridized carbons (Fsp3) is 0.400. The summed E-state index contributed by atoms with van der Waals surface area (Å²) in [6.07, 6.45) is -0.319. The first-order chi connectivity index (χ1) is 7.00. The minimum Gasteiger partial charge on any atom is -0.349 e. The van der Waals surface area contributed by atoms with E-state index in [0.717, 1.165) is 5.56 Å². The largest absolute Gasteiger partial charge is 0.540 e. The van der Waals surface area contributed by atoms with Crippen molar-refractivity contribution < 1.29 is 14.2 Å². The van der Waals surface area contributed by atoms with Gasteiger partial charge in [-0.2, -0.15) is 0 Å². The number of benzene rings is 1. The summed E-state index contributed by atoms with van der Waals surface area (Å²) >= 11 is 5.73. The smallest absolute Gasteiger partial charge is 0.349 e. The molecule has 0 bridgehead atoms. The summed E-state index contributed by atoms with van der Waals surface area (Å²) in [5.41, 5.74) is 0.878. The van der Waals surface area contributed by atoms with Crippen LogP contribution in [0.1, 0.15) is 25.5 Å². The van der Waals surface area contributed by atoms with E-state index >= 15 is 0 Å². The van der Waals surface area contributed by atoms with Crippen LogP contribution in [0.4, 0.5) is 0 Å². The number of hydrogen-bond donors (Lipinski definition) is 1. The zero-order valence-electron chi connectivity index (χ0n) is 8.55. The summed E-state index contributed by atoms with van der Waals surface area (Å²) in [7, 11) is -2.04. The van der Waals surface area contributed by atoms with Gasteiger partial charge in [0.1, 0.15) is 6.10 Å². The molecule has 5 heteroatoms. The molecule has 0 aromatic heterocycles. The van der Waals surface area contributed by atoms with Crippen molar-refractivity contribution in [2.24, 2.45) is 0 Å². The average Bonchev–Trinajstić information content (AvgIpc) is 2.18. The molecule has 1 aromatic carbocycles. The molecule has 0 saturated heterocycles. The molecule has 0 spiro atoms. The van der Waals surface area contributed by atoms with Gasteiger partial charge in [-0.3, -0.25) is 0 Å². The van der Waals surface area contributed by atoms with Crippen LogP contribution in [0.3, 0.4) is 0 Å². The molecule has 1 N–H and O–H groups in total. The maximum Gasteiger partial charge on any atom is 0.540 e. The molecule has 1 rings (SSSR count). The predicted molar refractivity (Wildman–Crippen MR) is 60.2 cm³/mol. The number of aliphatic hydroxyl groups excluding tert-OH is 1. The third-order valence-electron chi connectivity index (χ3n) is 1.91. The Labute approximate surface area is 94.9 Å². The Morgan fingerprint density at radius 2 is 1.87 bits per heavy atom. The number of aliphatic hydroxyl groups is 1. The number of halogens is 1. The van der Waals surface area contributed by atoms with Gasteiger partial charge in [-0.1, -0.05) is 23.7 Å². The van der Waals surface area contributed by atoms with Crippen molar-refractivity contribution >= 4 is 19.6 Å². The molecular formula is C10H13ClO3P+. The zero-order chi connectivity index (χ0) is 11.4. The molecule has 3 unspecified atom stereocenters. The van der Waals surface area contributed by atoms with Crippen molar-refractivity contribution in [2.45, 2.75) is 25.8 Å². The quantitative estimate of drug-likeness (QED) is 0.829. The number of hydrogen-bond acceptors (Lipinski definition) is 3. The van der Waals surface area contributed by atoms with Crippen molar-refractivity contribution in [2.75, 3.05) is 0 Å². The minimum absolute atomic E-state index is 0.319. The molecule has 0 aliphatic rings. The highest BCUT2D eigenvalue weighted by atomic mass is 35.5. The van der Waals surface area contributed by atoms with Crippen molar-refractivity contribution in [3.63, 3.8) is 0 Å². The Hall–Kier alpha value is -0.470. The van der Waals surface area contributed by atoms with Gasteiger partial charge in [0.15, 0.2) is 0 Å². The van der Waals surface area contributed by atoms with Crippen molar-refractivity contribution in [3.8, 4) is 0 Å². The molecular weight excluding hydrogens is 235 g/mol. The molecule has 82 valence electrons. The Balaban J connectivity index is 2.65. The second-order valence-corrected chi connectivity index (χ2v) is 5.18. The van der Waals surface area contributed by atoms with Crippen LogP contribution in [0, 0.1) is 0 Å². The van der Waals surface area contributed by atoms with E-state index in [0.29, 0.717) is 5.02 Å². The molecule has 0 fully saturated rings. The summed E-state index contributed by atoms with van der Waals surface area (Å²) in [6, 6.07) is 7.09. The van der Waals surface area contributed by atoms with Gasteiger partial charge in [-0.15, -0.1) is 4.52 Å². The third-order valence-corrected chi connectivity index (χ3v) is 3.29. The summed E-state index contributed by atoms with van der Waals surface area (Å²) in [4.78, 5) is 0. The average molecular weight is 248 g/mol. The van der Waals surface area contributed by atoms with Crippen molar-refractivity contribution in [3.05, 3.63) is 34.9 Å². The lowest BCUT2D eigenvalue weighted by atomic mass is 10.1. The van der Waals surface area contributed by atoms with E-state index in [4.69, 9.17) is 21.2 Å². The van der Waals surface area contributed by atoms with Crippen molar-refractivity contribution in [1.82, 2.24) is 0 Å². The molecule has 3 atom stereocenters. The third kappa shape index (κ3) is 3.88. The summed E-state index contributed by atoms with van der Waals surface area (Å²) < 4.78 is 16.4. The Bertz CT molecular complexity index is 337. The van der Waals surface area contributed by atoms with E-state index < -0.39 is 13.9 Å². The van der Waals surface area contributed by atoms with E-state index in [1.165, 1.54) is 6.92 Å². The van der Waals surface area contributed by atoms with Crippen LogP contribution < -0.4 is 0 Å². The van der Waals surface area contributed by atoms with Gasteiger partial charge < -0.3 is 5.11 Å². The Morgan fingerprint density at radius 1 is 1.33 bits per heavy atom. The first kappa shape index (κ1) is 12.6. The molecule has 1 aromatic rings. The zero-order valence-corrected chi connectivity index (χ0v) is 10.2. The standard InChI is InChI=1S/C10H13ClO3P/c1-7(14-15(13)8(2)12)9-3-5-10(11)6-4-9/h3-8,12H,1-2H3/q+1. The van der Waals surface area contributed by atoms with Crippen LogP contribution in [0.15, 0.2) is 24.3 Å². The van der Waals surface area contributed by atoms with Crippen LogP contribution in [-0.2, 0) is 9.09 Å². The Morgan fingerprint density at radius 3 is 2.33 bits per heavy atom. The summed E-state index contributed by atoms with van der Waals surface area (Å²) in [5.74, 6) is -0.949. The molecule has 3 nitrogen and oxygen atoms in total. The van der Waals surface area contributed by atoms with E-state index in [9.17, 15) is 4.57 Å². The molecule has 0 radical (unpaired) electrons. The molecule has 0 aliphatic heterocycles. The highest BCUT2D eigenvalue weighted by molar-refractivity contribution is 7.39. The minimum atomic E-state index is -2.04. The van der Waals surface area contributed by atoms with Crippen LogP contribution in [0.25, 0.3) is 0 Å². The van der Waals surface area contributed by atoms with Gasteiger partial charge in [-0.05, 0) is 29.2 Å². The van der Waals surface area contributed by atoms with Crippen molar-refractivity contribution in [1.29, 1.82) is 0 Å². The monoisotopic (exact) mass is 247 g/mol. The van der Waals surface area contributed by atoms with Gasteiger partial charge in [-0.25, -0.2) is 0 Å². The topological polar surface area (TPSA) is 46.5 Å². The lowest BCUT2D eigenvalue weighted by Crippen LogP contribution is -1.99. The van der Waals surface area contributed by atoms with E-state index in [1.54, 1.807) is 31.2 Å². The SMILES string of the molecule is CC(O[P+](=O)C(C)O)c1ccc(Cl)cc1. The second kappa shape index (κ2) is 5.57. The molecule has 0 aliphatic carbocycles. The molecule has 15 heavy (non-hydrogen) atoms. The van der Waals surface area contributed by atoms with Crippen LogP contribution >= 0.6 is 19.6 Å². The van der Waals surface area contributed by atoms with Gasteiger partial charge in [0.25, 0.3) is 5.85 Å². The summed E-state index contributed by atoms with van der Waals surface area (Å²) in [5, 5.41) is 9.68. The van der Waals surface area contributed by atoms with Gasteiger partial charge >= 0.3 is 8.03 Å². The lowest BCUT2D eigenvalue weighted by Gasteiger charge is -2.05. The van der Waals surface area contributed by atoms with E-state index in [-0.39, 0.29) is 6.10 Å². The lowest BCUT2D eigenvalue weighted by molar-refractivity contribution is 0.196. The fourth-order valence-corrected chi connectivity index (χ4v) is 1.77.